The normalized spacial score (nSPS) is 23.0. The van der Waals surface area contributed by atoms with Crippen LogP contribution >= 0.6 is 0 Å². The second-order valence-electron chi connectivity index (χ2n) is 12.5. The molecule has 0 bridgehead atoms. The van der Waals surface area contributed by atoms with E-state index >= 15 is 0 Å². The Morgan fingerprint density at radius 1 is 0.860 bits per heavy atom. The predicted octanol–water partition coefficient (Wildman–Crippen LogP) is 10.2. The number of benzene rings is 3. The fourth-order valence-electron chi connectivity index (χ4n) is 6.55. The third kappa shape index (κ3) is 9.01. The van der Waals surface area contributed by atoms with Crippen molar-refractivity contribution in [1.29, 1.82) is 0 Å². The summed E-state index contributed by atoms with van der Waals surface area (Å²) < 4.78 is 26.7. The van der Waals surface area contributed by atoms with Crippen LogP contribution in [0.15, 0.2) is 91.1 Å². The van der Waals surface area contributed by atoms with Crippen LogP contribution in [0.2, 0.25) is 0 Å². The van der Waals surface area contributed by atoms with Gasteiger partial charge in [-0.3, -0.25) is 4.79 Å². The molecule has 230 valence electrons. The molecular formula is C38H48F2N2O. The lowest BCUT2D eigenvalue weighted by atomic mass is 9.79. The van der Waals surface area contributed by atoms with Crippen LogP contribution in [0.4, 0.5) is 14.5 Å². The molecule has 2 saturated carbocycles. The number of hydrogen-bond donors (Lipinski definition) is 2. The highest BCUT2D eigenvalue weighted by Crippen LogP contribution is 2.50. The van der Waals surface area contributed by atoms with E-state index in [4.69, 9.17) is 0 Å². The SMILES string of the molecule is C=C(CNC(=O)C1C(CC)C1CC)Nc1cccc(C(C)(F)F)c1.CC1CCC(c2ccc(-c3ccccc3)cc2)CC1. The number of hydrogen-bond acceptors (Lipinski definition) is 2. The van der Waals surface area contributed by atoms with Gasteiger partial charge in [0.15, 0.2) is 0 Å². The Kier molecular flexibility index (Phi) is 11.2. The van der Waals surface area contributed by atoms with Gasteiger partial charge in [0.1, 0.15) is 0 Å². The molecule has 2 N–H and O–H groups in total. The first-order valence-corrected chi connectivity index (χ1v) is 16.0. The summed E-state index contributed by atoms with van der Waals surface area (Å²) in [5.74, 6) is -0.0237. The highest BCUT2D eigenvalue weighted by Gasteiger charge is 2.51. The molecule has 2 aliphatic carbocycles. The number of anilines is 1. The monoisotopic (exact) mass is 586 g/mol. The minimum absolute atomic E-state index is 0.0566. The van der Waals surface area contributed by atoms with Crippen LogP contribution < -0.4 is 10.6 Å². The number of rotatable bonds is 10. The Bertz CT molecular complexity index is 1310. The van der Waals surface area contributed by atoms with E-state index in [0.717, 1.165) is 31.6 Å². The zero-order chi connectivity index (χ0) is 31.0. The van der Waals surface area contributed by atoms with Crippen molar-refractivity contribution in [3.8, 4) is 11.1 Å². The van der Waals surface area contributed by atoms with Gasteiger partial charge in [-0.05, 0) is 65.3 Å². The van der Waals surface area contributed by atoms with Gasteiger partial charge < -0.3 is 10.6 Å². The number of carbonyl (C=O) groups excluding carboxylic acids is 1. The second-order valence-corrected chi connectivity index (χ2v) is 12.5. The Hall–Kier alpha value is -3.47. The molecule has 3 aromatic rings. The van der Waals surface area contributed by atoms with E-state index in [2.05, 4.69) is 92.6 Å². The van der Waals surface area contributed by atoms with Gasteiger partial charge in [0.25, 0.3) is 5.92 Å². The fraction of sp³-hybridized carbons (Fsp3) is 0.447. The summed E-state index contributed by atoms with van der Waals surface area (Å²) in [4.78, 5) is 12.2. The van der Waals surface area contributed by atoms with Crippen LogP contribution in [0.3, 0.4) is 0 Å². The molecule has 43 heavy (non-hydrogen) atoms. The number of halogens is 2. The average Bonchev–Trinajstić information content (AvgIpc) is 3.75. The molecule has 0 saturated heterocycles. The van der Waals surface area contributed by atoms with Gasteiger partial charge in [-0.2, -0.15) is 0 Å². The van der Waals surface area contributed by atoms with E-state index in [0.29, 0.717) is 23.2 Å². The predicted molar refractivity (Wildman–Crippen MR) is 175 cm³/mol. The van der Waals surface area contributed by atoms with Gasteiger partial charge in [-0.1, -0.05) is 120 Å². The van der Waals surface area contributed by atoms with Crippen molar-refractivity contribution in [1.82, 2.24) is 5.32 Å². The van der Waals surface area contributed by atoms with Crippen LogP contribution in [0.5, 0.6) is 0 Å². The third-order valence-electron chi connectivity index (χ3n) is 9.25. The molecule has 0 aromatic heterocycles. The maximum atomic E-state index is 13.4. The molecule has 2 aliphatic rings. The van der Waals surface area contributed by atoms with Crippen molar-refractivity contribution in [2.45, 2.75) is 78.1 Å². The van der Waals surface area contributed by atoms with Gasteiger partial charge in [0.2, 0.25) is 5.91 Å². The summed E-state index contributed by atoms with van der Waals surface area (Å²) >= 11 is 0. The van der Waals surface area contributed by atoms with Crippen molar-refractivity contribution >= 4 is 11.6 Å². The molecule has 0 spiro atoms. The Morgan fingerprint density at radius 3 is 2.05 bits per heavy atom. The van der Waals surface area contributed by atoms with Gasteiger partial charge in [0, 0.05) is 29.8 Å². The smallest absolute Gasteiger partial charge is 0.270 e. The Labute approximate surface area is 257 Å². The lowest BCUT2D eigenvalue weighted by Crippen LogP contribution is -2.29. The summed E-state index contributed by atoms with van der Waals surface area (Å²) in [7, 11) is 0. The van der Waals surface area contributed by atoms with Crippen molar-refractivity contribution in [2.75, 3.05) is 11.9 Å². The van der Waals surface area contributed by atoms with E-state index in [-0.39, 0.29) is 23.9 Å². The molecule has 0 aliphatic heterocycles. The van der Waals surface area contributed by atoms with Gasteiger partial charge >= 0.3 is 0 Å². The van der Waals surface area contributed by atoms with Crippen molar-refractivity contribution in [2.24, 2.45) is 23.7 Å². The molecule has 5 heteroatoms. The maximum absolute atomic E-state index is 13.4. The first-order valence-electron chi connectivity index (χ1n) is 16.0. The number of amides is 1. The highest BCUT2D eigenvalue weighted by atomic mass is 19.3. The molecule has 0 radical (unpaired) electrons. The maximum Gasteiger partial charge on any atom is 0.270 e. The van der Waals surface area contributed by atoms with E-state index in [1.807, 2.05) is 0 Å². The van der Waals surface area contributed by atoms with Gasteiger partial charge in [0.05, 0.1) is 6.54 Å². The van der Waals surface area contributed by atoms with Crippen LogP contribution in [-0.2, 0) is 10.7 Å². The molecule has 2 unspecified atom stereocenters. The zero-order valence-corrected chi connectivity index (χ0v) is 26.2. The minimum atomic E-state index is -2.89. The molecule has 3 nitrogen and oxygen atoms in total. The minimum Gasteiger partial charge on any atom is -0.358 e. The lowest BCUT2D eigenvalue weighted by molar-refractivity contribution is -0.122. The average molecular weight is 587 g/mol. The van der Waals surface area contributed by atoms with Crippen LogP contribution in [0.25, 0.3) is 11.1 Å². The summed E-state index contributed by atoms with van der Waals surface area (Å²) in [6.45, 7) is 11.6. The number of carbonyl (C=O) groups is 1. The molecule has 2 fully saturated rings. The topological polar surface area (TPSA) is 41.1 Å². The molecule has 0 heterocycles. The van der Waals surface area contributed by atoms with E-state index in [1.54, 1.807) is 12.1 Å². The molecule has 3 aromatic carbocycles. The summed E-state index contributed by atoms with van der Waals surface area (Å²) in [5, 5.41) is 5.87. The summed E-state index contributed by atoms with van der Waals surface area (Å²) in [6, 6.07) is 25.9. The zero-order valence-electron chi connectivity index (χ0n) is 26.2. The molecular weight excluding hydrogens is 538 g/mol. The summed E-state index contributed by atoms with van der Waals surface area (Å²) in [6.07, 6.45) is 7.57. The van der Waals surface area contributed by atoms with Crippen LogP contribution in [0.1, 0.15) is 83.3 Å². The number of nitrogens with one attached hydrogen (secondary N) is 2. The lowest BCUT2D eigenvalue weighted by Gasteiger charge is -2.26. The first-order chi connectivity index (χ1) is 20.6. The van der Waals surface area contributed by atoms with Gasteiger partial charge in [-0.25, -0.2) is 8.78 Å². The van der Waals surface area contributed by atoms with Gasteiger partial charge in [-0.15, -0.1) is 0 Å². The van der Waals surface area contributed by atoms with Crippen LogP contribution in [0, 0.1) is 23.7 Å². The Balaban J connectivity index is 0.000000202. The highest BCUT2D eigenvalue weighted by molar-refractivity contribution is 5.82. The van der Waals surface area contributed by atoms with E-state index in [1.165, 1.54) is 54.5 Å². The fourth-order valence-corrected chi connectivity index (χ4v) is 6.55. The van der Waals surface area contributed by atoms with Crippen molar-refractivity contribution < 1.29 is 13.6 Å². The largest absolute Gasteiger partial charge is 0.358 e. The van der Waals surface area contributed by atoms with E-state index < -0.39 is 5.92 Å². The third-order valence-corrected chi connectivity index (χ3v) is 9.25. The number of alkyl halides is 2. The first kappa shape index (κ1) is 32.4. The summed E-state index contributed by atoms with van der Waals surface area (Å²) in [5.41, 5.74) is 5.23. The molecule has 5 rings (SSSR count). The molecule has 2 atom stereocenters. The van der Waals surface area contributed by atoms with Crippen LogP contribution in [-0.4, -0.2) is 12.5 Å². The quantitative estimate of drug-likeness (QED) is 0.248. The second kappa shape index (κ2) is 14.8. The molecule has 1 amide bonds. The van der Waals surface area contributed by atoms with E-state index in [9.17, 15) is 13.6 Å². The Morgan fingerprint density at radius 2 is 1.47 bits per heavy atom. The van der Waals surface area contributed by atoms with Crippen molar-refractivity contribution in [3.63, 3.8) is 0 Å². The standard InChI is InChI=1S/C19H26F2N2O.C19H22/c1-5-15-16(6-2)17(15)18(24)22-11-12(3)23-14-9-7-8-13(10-14)19(4,20)21;1-15-7-9-17(10-8-15)19-13-11-18(12-14-19)16-5-3-2-4-6-16/h7-10,15-17,23H,3,5-6,11H2,1-2,4H3,(H,22,24);2-6,11-15,17H,7-10H2,1H3. The van der Waals surface area contributed by atoms with Crippen molar-refractivity contribution in [3.05, 3.63) is 102 Å².